The molecule has 3 aromatic rings. The average Bonchev–Trinajstić information content (AvgIpc) is 2.91. The lowest BCUT2D eigenvalue weighted by atomic mass is 9.99. The van der Waals surface area contributed by atoms with Crippen molar-refractivity contribution in [1.82, 2.24) is 10.2 Å². The highest BCUT2D eigenvalue weighted by molar-refractivity contribution is 6.06. The molecule has 1 heterocycles. The molecule has 0 unspecified atom stereocenters. The predicted molar refractivity (Wildman–Crippen MR) is 143 cm³/mol. The van der Waals surface area contributed by atoms with Gasteiger partial charge in [0, 0.05) is 54.8 Å². The van der Waals surface area contributed by atoms with Gasteiger partial charge >= 0.3 is 0 Å². The average molecular weight is 482 g/mol. The third kappa shape index (κ3) is 6.12. The molecule has 0 saturated heterocycles. The molecule has 0 saturated carbocycles. The van der Waals surface area contributed by atoms with Gasteiger partial charge in [0.2, 0.25) is 0 Å². The third-order valence-electron chi connectivity index (χ3n) is 6.45. The van der Waals surface area contributed by atoms with Crippen LogP contribution in [-0.2, 0) is 19.5 Å². The van der Waals surface area contributed by atoms with Crippen LogP contribution in [0.4, 0.5) is 5.69 Å². The minimum Gasteiger partial charge on any atom is -0.348 e. The maximum Gasteiger partial charge on any atom is 0.255 e. The minimum absolute atomic E-state index is 0.186. The van der Waals surface area contributed by atoms with Gasteiger partial charge in [-0.1, -0.05) is 37.3 Å². The molecular formula is C29H31N5O2. The number of carbonyl (C=O) groups excluding carboxylic acids is 2. The Balaban J connectivity index is 1.36. The van der Waals surface area contributed by atoms with Crippen LogP contribution < -0.4 is 10.6 Å². The number of rotatable bonds is 9. The summed E-state index contributed by atoms with van der Waals surface area (Å²) in [4.78, 5) is 27.9. The topological polar surface area (TPSA) is 109 Å². The lowest BCUT2D eigenvalue weighted by molar-refractivity contribution is 0.0950. The van der Waals surface area contributed by atoms with Gasteiger partial charge in [-0.2, -0.15) is 0 Å². The minimum atomic E-state index is -0.231. The van der Waals surface area contributed by atoms with Crippen molar-refractivity contribution in [2.75, 3.05) is 18.4 Å². The lowest BCUT2D eigenvalue weighted by Gasteiger charge is -2.27. The largest absolute Gasteiger partial charge is 0.348 e. The highest BCUT2D eigenvalue weighted by Crippen LogP contribution is 2.23. The highest BCUT2D eigenvalue weighted by atomic mass is 16.2. The fourth-order valence-corrected chi connectivity index (χ4v) is 4.32. The van der Waals surface area contributed by atoms with Crippen LogP contribution in [0.3, 0.4) is 0 Å². The zero-order chi connectivity index (χ0) is 25.5. The van der Waals surface area contributed by atoms with E-state index in [0.29, 0.717) is 22.4 Å². The van der Waals surface area contributed by atoms with Crippen LogP contribution >= 0.6 is 0 Å². The van der Waals surface area contributed by atoms with E-state index in [-0.39, 0.29) is 24.8 Å². The second-order valence-corrected chi connectivity index (χ2v) is 8.90. The first-order chi connectivity index (χ1) is 17.5. The van der Waals surface area contributed by atoms with E-state index in [2.05, 4.69) is 34.6 Å². The maximum absolute atomic E-state index is 12.9. The summed E-state index contributed by atoms with van der Waals surface area (Å²) in [5.74, 6) is -0.417. The fourth-order valence-electron chi connectivity index (χ4n) is 4.32. The van der Waals surface area contributed by atoms with E-state index < -0.39 is 0 Å². The number of likely N-dealkylation sites (N-methyl/N-ethyl adjacent to an activating group) is 1. The zero-order valence-electron chi connectivity index (χ0n) is 20.4. The molecule has 4 N–H and O–H groups in total. The van der Waals surface area contributed by atoms with Crippen molar-refractivity contribution in [3.63, 3.8) is 0 Å². The Morgan fingerprint density at radius 1 is 0.944 bits per heavy atom. The van der Waals surface area contributed by atoms with Gasteiger partial charge in [0.05, 0.1) is 0 Å². The molecule has 1 aliphatic heterocycles. The van der Waals surface area contributed by atoms with E-state index in [1.807, 2.05) is 18.2 Å². The first-order valence-corrected chi connectivity index (χ1v) is 12.2. The summed E-state index contributed by atoms with van der Waals surface area (Å²) in [6, 6.07) is 20.1. The second kappa shape index (κ2) is 11.6. The lowest BCUT2D eigenvalue weighted by Crippen LogP contribution is -2.30. The molecule has 0 radical (unpaired) electrons. The Kier molecular flexibility index (Phi) is 8.02. The van der Waals surface area contributed by atoms with Gasteiger partial charge in [0.15, 0.2) is 0 Å². The van der Waals surface area contributed by atoms with Crippen LogP contribution in [0.5, 0.6) is 0 Å². The van der Waals surface area contributed by atoms with Gasteiger partial charge in [-0.3, -0.25) is 14.5 Å². The molecule has 184 valence electrons. The van der Waals surface area contributed by atoms with Crippen LogP contribution in [0.2, 0.25) is 0 Å². The van der Waals surface area contributed by atoms with Crippen molar-refractivity contribution in [2.24, 2.45) is 0 Å². The summed E-state index contributed by atoms with van der Waals surface area (Å²) in [5, 5.41) is 20.9. The Morgan fingerprint density at radius 3 is 2.47 bits per heavy atom. The van der Waals surface area contributed by atoms with Crippen LogP contribution in [0, 0.1) is 10.8 Å². The number of anilines is 1. The number of nitrogens with one attached hydrogen (secondary N) is 4. The predicted octanol–water partition coefficient (Wildman–Crippen LogP) is 4.65. The van der Waals surface area contributed by atoms with Gasteiger partial charge in [0.25, 0.3) is 11.8 Å². The normalized spacial score (nSPS) is 12.9. The standard InChI is InChI=1S/C29H31N5O2/c1-2-34-15-13-21-10-11-26(17-25(21)19-34)33-29(36)24-5-3-4-20(16-24)18-32-28(35)23-8-6-22(7-9-23)27(31)12-14-30/h3-11,14,16-17,30-31H,2,12-13,15,18-19H2,1H3,(H,32,35)(H,33,36). The molecule has 3 aromatic carbocycles. The fraction of sp³-hybridized carbons (Fsp3) is 0.241. The molecular weight excluding hydrogens is 450 g/mol. The number of hydrogen-bond acceptors (Lipinski definition) is 5. The van der Waals surface area contributed by atoms with Gasteiger partial charge in [-0.05, 0) is 71.6 Å². The van der Waals surface area contributed by atoms with Crippen molar-refractivity contribution in [3.05, 3.63) is 100 Å². The van der Waals surface area contributed by atoms with Gasteiger partial charge in [-0.15, -0.1) is 0 Å². The number of carbonyl (C=O) groups is 2. The SMILES string of the molecule is CCN1CCc2ccc(NC(=O)c3cccc(CNC(=O)c4ccc(C(=N)CC=N)cc4)c3)cc2C1. The van der Waals surface area contributed by atoms with Crippen LogP contribution in [-0.4, -0.2) is 41.7 Å². The van der Waals surface area contributed by atoms with Gasteiger partial charge in [0.1, 0.15) is 0 Å². The smallest absolute Gasteiger partial charge is 0.255 e. The summed E-state index contributed by atoms with van der Waals surface area (Å²) in [5.41, 5.74) is 6.26. The highest BCUT2D eigenvalue weighted by Gasteiger charge is 2.16. The van der Waals surface area contributed by atoms with E-state index in [1.165, 1.54) is 17.3 Å². The van der Waals surface area contributed by atoms with E-state index in [4.69, 9.17) is 10.8 Å². The second-order valence-electron chi connectivity index (χ2n) is 8.90. The summed E-state index contributed by atoms with van der Waals surface area (Å²) >= 11 is 0. The van der Waals surface area contributed by atoms with Crippen molar-refractivity contribution in [3.8, 4) is 0 Å². The Bertz CT molecular complexity index is 1280. The number of hydrogen-bond donors (Lipinski definition) is 4. The van der Waals surface area contributed by atoms with E-state index in [9.17, 15) is 9.59 Å². The van der Waals surface area contributed by atoms with Crippen molar-refractivity contribution >= 4 is 29.4 Å². The summed E-state index contributed by atoms with van der Waals surface area (Å²) in [6.07, 6.45) is 2.48. The van der Waals surface area contributed by atoms with Crippen LogP contribution in [0.1, 0.15) is 56.3 Å². The molecule has 0 aliphatic carbocycles. The van der Waals surface area contributed by atoms with Crippen molar-refractivity contribution in [1.29, 1.82) is 10.8 Å². The van der Waals surface area contributed by atoms with Crippen LogP contribution in [0.25, 0.3) is 0 Å². The van der Waals surface area contributed by atoms with Crippen molar-refractivity contribution < 1.29 is 9.59 Å². The summed E-state index contributed by atoms with van der Waals surface area (Å²) in [6.45, 7) is 5.44. The molecule has 2 amide bonds. The molecule has 0 fully saturated rings. The Hall–Kier alpha value is -4.10. The van der Waals surface area contributed by atoms with E-state index in [0.717, 1.165) is 37.3 Å². The first-order valence-electron chi connectivity index (χ1n) is 12.2. The zero-order valence-corrected chi connectivity index (χ0v) is 20.4. The molecule has 4 rings (SSSR count). The number of benzene rings is 3. The number of fused-ring (bicyclic) bond motifs is 1. The monoisotopic (exact) mass is 481 g/mol. The molecule has 0 bridgehead atoms. The Morgan fingerprint density at radius 2 is 1.72 bits per heavy atom. The third-order valence-corrected chi connectivity index (χ3v) is 6.45. The van der Waals surface area contributed by atoms with E-state index >= 15 is 0 Å². The molecule has 7 heteroatoms. The summed E-state index contributed by atoms with van der Waals surface area (Å²) < 4.78 is 0. The van der Waals surface area contributed by atoms with Gasteiger partial charge in [-0.25, -0.2) is 0 Å². The maximum atomic E-state index is 12.9. The van der Waals surface area contributed by atoms with E-state index in [1.54, 1.807) is 36.4 Å². The molecule has 36 heavy (non-hydrogen) atoms. The van der Waals surface area contributed by atoms with Gasteiger partial charge < -0.3 is 21.5 Å². The molecule has 0 aromatic heterocycles. The molecule has 1 aliphatic rings. The van der Waals surface area contributed by atoms with Crippen LogP contribution in [0.15, 0.2) is 66.7 Å². The molecule has 7 nitrogen and oxygen atoms in total. The summed E-state index contributed by atoms with van der Waals surface area (Å²) in [7, 11) is 0. The molecule has 0 spiro atoms. The quantitative estimate of drug-likeness (QED) is 0.334. The van der Waals surface area contributed by atoms with Crippen molar-refractivity contribution in [2.45, 2.75) is 32.9 Å². The first kappa shape index (κ1) is 25.0. The number of nitrogens with zero attached hydrogens (tertiary/aromatic N) is 1. The Labute approximate surface area is 211 Å². The molecule has 0 atom stereocenters. The number of amides is 2.